The van der Waals surface area contributed by atoms with Crippen molar-refractivity contribution >= 4 is 33.1 Å². The molecule has 0 amide bonds. The average molecular weight is 339 g/mol. The van der Waals surface area contributed by atoms with Crippen molar-refractivity contribution in [1.82, 2.24) is 15.0 Å². The second-order valence-corrected chi connectivity index (χ2v) is 6.60. The molecule has 2 aromatic rings. The van der Waals surface area contributed by atoms with Crippen LogP contribution in [0.1, 0.15) is 41.0 Å². The van der Waals surface area contributed by atoms with Crippen molar-refractivity contribution in [2.75, 3.05) is 12.4 Å². The quantitative estimate of drug-likeness (QED) is 0.926. The second kappa shape index (κ2) is 5.17. The normalized spacial score (nSPS) is 14.7. The van der Waals surface area contributed by atoms with Crippen LogP contribution in [0.2, 0.25) is 0 Å². The van der Waals surface area contributed by atoms with E-state index in [0.29, 0.717) is 12.3 Å². The summed E-state index contributed by atoms with van der Waals surface area (Å²) in [4.78, 5) is 13.8. The molecular weight excluding hydrogens is 324 g/mol. The first-order valence-electron chi connectivity index (χ1n) is 6.32. The van der Waals surface area contributed by atoms with Gasteiger partial charge in [0.05, 0.1) is 27.3 Å². The lowest BCUT2D eigenvalue weighted by Gasteiger charge is -2.10. The van der Waals surface area contributed by atoms with Gasteiger partial charge in [0.2, 0.25) is 0 Å². The monoisotopic (exact) mass is 338 g/mol. The zero-order chi connectivity index (χ0) is 13.4. The van der Waals surface area contributed by atoms with Crippen LogP contribution in [0, 0.1) is 6.92 Å². The maximum atomic E-state index is 4.71. The number of hydrogen-bond donors (Lipinski definition) is 1. The topological polar surface area (TPSA) is 50.7 Å². The smallest absolute Gasteiger partial charge is 0.144 e. The van der Waals surface area contributed by atoms with Crippen LogP contribution in [0.15, 0.2) is 9.85 Å². The number of aromatic nitrogens is 3. The van der Waals surface area contributed by atoms with Crippen LogP contribution in [0.5, 0.6) is 0 Å². The van der Waals surface area contributed by atoms with Gasteiger partial charge in [0.15, 0.2) is 0 Å². The Labute approximate surface area is 124 Å². The van der Waals surface area contributed by atoms with Gasteiger partial charge in [-0.05, 0) is 35.7 Å². The zero-order valence-corrected chi connectivity index (χ0v) is 13.3. The van der Waals surface area contributed by atoms with Crippen molar-refractivity contribution in [3.8, 4) is 0 Å². The van der Waals surface area contributed by atoms with Crippen LogP contribution in [-0.2, 0) is 6.42 Å². The number of anilines is 1. The second-order valence-electron chi connectivity index (χ2n) is 4.75. The molecule has 0 atom stereocenters. The van der Waals surface area contributed by atoms with E-state index in [2.05, 4.69) is 36.6 Å². The maximum Gasteiger partial charge on any atom is 0.144 e. The number of rotatable bonds is 4. The first-order valence-corrected chi connectivity index (χ1v) is 7.99. The molecule has 1 aliphatic carbocycles. The molecule has 2 aromatic heterocycles. The van der Waals surface area contributed by atoms with E-state index in [1.54, 1.807) is 11.3 Å². The molecule has 0 unspecified atom stereocenters. The van der Waals surface area contributed by atoms with Crippen molar-refractivity contribution in [2.24, 2.45) is 0 Å². The molecule has 0 bridgehead atoms. The summed E-state index contributed by atoms with van der Waals surface area (Å²) in [5, 5.41) is 6.30. The van der Waals surface area contributed by atoms with Gasteiger partial charge in [-0.15, -0.1) is 11.3 Å². The highest BCUT2D eigenvalue weighted by Gasteiger charge is 2.29. The van der Waals surface area contributed by atoms with Crippen LogP contribution >= 0.6 is 27.3 Å². The molecule has 0 radical (unpaired) electrons. The number of halogens is 1. The van der Waals surface area contributed by atoms with Crippen molar-refractivity contribution in [1.29, 1.82) is 0 Å². The minimum absolute atomic E-state index is 0.598. The molecule has 1 saturated carbocycles. The minimum atomic E-state index is 0.598. The number of aryl methyl sites for hydroxylation is 1. The fraction of sp³-hybridized carbons (Fsp3) is 0.462. The molecule has 1 fully saturated rings. The van der Waals surface area contributed by atoms with Gasteiger partial charge >= 0.3 is 0 Å². The summed E-state index contributed by atoms with van der Waals surface area (Å²) in [6.07, 6.45) is 3.16. The molecule has 0 aliphatic heterocycles. The Morgan fingerprint density at radius 2 is 2.16 bits per heavy atom. The summed E-state index contributed by atoms with van der Waals surface area (Å²) in [5.41, 5.74) is 2.19. The third kappa shape index (κ3) is 2.79. The molecule has 0 saturated heterocycles. The van der Waals surface area contributed by atoms with E-state index in [4.69, 9.17) is 4.98 Å². The van der Waals surface area contributed by atoms with Crippen molar-refractivity contribution in [3.63, 3.8) is 0 Å². The lowest BCUT2D eigenvalue weighted by atomic mass is 10.2. The van der Waals surface area contributed by atoms with Gasteiger partial charge in [-0.1, -0.05) is 0 Å². The van der Waals surface area contributed by atoms with E-state index < -0.39 is 0 Å². The molecule has 100 valence electrons. The summed E-state index contributed by atoms with van der Waals surface area (Å²) < 4.78 is 1.01. The van der Waals surface area contributed by atoms with Crippen LogP contribution in [0.25, 0.3) is 0 Å². The average Bonchev–Trinajstić information content (AvgIpc) is 3.15. The fourth-order valence-electron chi connectivity index (χ4n) is 2.04. The van der Waals surface area contributed by atoms with E-state index in [1.165, 1.54) is 12.8 Å². The van der Waals surface area contributed by atoms with E-state index in [1.807, 2.05) is 14.0 Å². The highest BCUT2D eigenvalue weighted by molar-refractivity contribution is 9.10. The molecule has 3 rings (SSSR count). The lowest BCUT2D eigenvalue weighted by molar-refractivity contribution is 0.880. The van der Waals surface area contributed by atoms with Gasteiger partial charge in [-0.2, -0.15) is 0 Å². The first-order chi connectivity index (χ1) is 9.17. The highest BCUT2D eigenvalue weighted by Crippen LogP contribution is 2.43. The summed E-state index contributed by atoms with van der Waals surface area (Å²) in [5.74, 6) is 2.32. The fourth-order valence-corrected chi connectivity index (χ4v) is 3.35. The van der Waals surface area contributed by atoms with Gasteiger partial charge in [0.25, 0.3) is 0 Å². The Morgan fingerprint density at radius 3 is 2.74 bits per heavy atom. The van der Waals surface area contributed by atoms with Gasteiger partial charge in [0, 0.05) is 18.3 Å². The van der Waals surface area contributed by atoms with E-state index in [-0.39, 0.29) is 0 Å². The predicted octanol–water partition coefficient (Wildman–Crippen LogP) is 3.51. The van der Waals surface area contributed by atoms with Gasteiger partial charge in [0.1, 0.15) is 11.6 Å². The highest BCUT2D eigenvalue weighted by atomic mass is 79.9. The summed E-state index contributed by atoms with van der Waals surface area (Å²) in [6.45, 7) is 2.02. The van der Waals surface area contributed by atoms with Crippen LogP contribution < -0.4 is 5.32 Å². The number of nitrogens with zero attached hydrogens (tertiary/aromatic N) is 3. The Morgan fingerprint density at radius 1 is 1.37 bits per heavy atom. The molecular formula is C13H15BrN4S. The van der Waals surface area contributed by atoms with Crippen molar-refractivity contribution in [2.45, 2.75) is 32.1 Å². The van der Waals surface area contributed by atoms with Gasteiger partial charge in [-0.3, -0.25) is 0 Å². The number of thiazole rings is 1. The van der Waals surface area contributed by atoms with E-state index in [0.717, 1.165) is 32.5 Å². The summed E-state index contributed by atoms with van der Waals surface area (Å²) in [6, 6.07) is 0. The Hall–Kier alpha value is -1.01. The maximum absolute atomic E-state index is 4.71. The summed E-state index contributed by atoms with van der Waals surface area (Å²) >= 11 is 5.27. The zero-order valence-electron chi connectivity index (χ0n) is 10.9. The summed E-state index contributed by atoms with van der Waals surface area (Å²) in [7, 11) is 1.89. The third-order valence-corrected chi connectivity index (χ3v) is 4.73. The Kier molecular flexibility index (Phi) is 3.54. The molecule has 6 heteroatoms. The largest absolute Gasteiger partial charge is 0.372 e. The molecule has 4 nitrogen and oxygen atoms in total. The van der Waals surface area contributed by atoms with E-state index >= 15 is 0 Å². The molecule has 1 aliphatic rings. The van der Waals surface area contributed by atoms with Crippen LogP contribution in [0.3, 0.4) is 0 Å². The van der Waals surface area contributed by atoms with Gasteiger partial charge < -0.3 is 5.32 Å². The molecule has 0 aromatic carbocycles. The van der Waals surface area contributed by atoms with Crippen LogP contribution in [0.4, 0.5) is 5.82 Å². The lowest BCUT2D eigenvalue weighted by Crippen LogP contribution is -2.06. The standard InChI is InChI=1S/C13H15BrN4S/c1-7-16-9(6-19-7)5-10-17-12(8-3-4-8)11(14)13(15-2)18-10/h6,8H,3-5H2,1-2H3,(H,15,17,18). The van der Waals surface area contributed by atoms with Crippen LogP contribution in [-0.4, -0.2) is 22.0 Å². The van der Waals surface area contributed by atoms with E-state index in [9.17, 15) is 0 Å². The Balaban J connectivity index is 1.94. The molecule has 1 N–H and O–H groups in total. The molecule has 19 heavy (non-hydrogen) atoms. The van der Waals surface area contributed by atoms with Gasteiger partial charge in [-0.25, -0.2) is 15.0 Å². The first kappa shape index (κ1) is 13.0. The van der Waals surface area contributed by atoms with Crippen molar-refractivity contribution in [3.05, 3.63) is 32.1 Å². The number of nitrogens with one attached hydrogen (secondary N) is 1. The predicted molar refractivity (Wildman–Crippen MR) is 80.9 cm³/mol. The minimum Gasteiger partial charge on any atom is -0.372 e. The van der Waals surface area contributed by atoms with Crippen molar-refractivity contribution < 1.29 is 0 Å². The SMILES string of the molecule is CNc1nc(Cc2csc(C)n2)nc(C2CC2)c1Br. The number of hydrogen-bond acceptors (Lipinski definition) is 5. The Bertz CT molecular complexity index is 607. The molecule has 2 heterocycles. The third-order valence-electron chi connectivity index (χ3n) is 3.13. The molecule has 0 spiro atoms.